The first-order valence-corrected chi connectivity index (χ1v) is 6.28. The van der Waals surface area contributed by atoms with Crippen LogP contribution in [0.4, 0.5) is 4.39 Å². The van der Waals surface area contributed by atoms with E-state index in [1.54, 1.807) is 19.1 Å². The Morgan fingerprint density at radius 2 is 2.17 bits per heavy atom. The Kier molecular flexibility index (Phi) is 6.36. The summed E-state index contributed by atoms with van der Waals surface area (Å²) in [6.07, 6.45) is 2.10. The number of hydrogen-bond donors (Lipinski definition) is 1. The van der Waals surface area contributed by atoms with Gasteiger partial charge in [-0.15, -0.1) is 0 Å². The molecule has 1 amide bonds. The predicted octanol–water partition coefficient (Wildman–Crippen LogP) is 2.68. The van der Waals surface area contributed by atoms with Crippen LogP contribution in [0.25, 0.3) is 0 Å². The highest BCUT2D eigenvalue weighted by Crippen LogP contribution is 2.11. The molecular weight excluding hydrogens is 233 g/mol. The molecule has 0 radical (unpaired) electrons. The average Bonchev–Trinajstić information content (AvgIpc) is 2.36. The molecule has 0 heterocycles. The minimum absolute atomic E-state index is 0.0866. The molecule has 0 atom stereocenters. The molecule has 3 nitrogen and oxygen atoms in total. The number of amides is 1. The van der Waals surface area contributed by atoms with Crippen molar-refractivity contribution >= 4 is 5.91 Å². The van der Waals surface area contributed by atoms with Gasteiger partial charge < -0.3 is 10.1 Å². The first-order chi connectivity index (χ1) is 8.66. The number of unbranched alkanes of at least 4 members (excludes halogenated alkanes) is 1. The summed E-state index contributed by atoms with van der Waals surface area (Å²) in [4.78, 5) is 11.7. The molecule has 0 aromatic heterocycles. The largest absolute Gasteiger partial charge is 0.380 e. The third kappa shape index (κ3) is 4.45. The fourth-order valence-corrected chi connectivity index (χ4v) is 1.50. The van der Waals surface area contributed by atoms with E-state index in [9.17, 15) is 9.18 Å². The smallest absolute Gasteiger partial charge is 0.254 e. The number of halogens is 1. The maximum atomic E-state index is 13.6. The van der Waals surface area contributed by atoms with Crippen LogP contribution < -0.4 is 5.32 Å². The minimum atomic E-state index is -0.457. The van der Waals surface area contributed by atoms with E-state index in [1.807, 2.05) is 0 Å². The minimum Gasteiger partial charge on any atom is -0.380 e. The molecule has 0 aliphatic heterocycles. The second-order valence-electron chi connectivity index (χ2n) is 4.16. The molecule has 1 aromatic carbocycles. The lowest BCUT2D eigenvalue weighted by Gasteiger charge is -2.07. The zero-order valence-corrected chi connectivity index (χ0v) is 11.0. The number of nitrogens with one attached hydrogen (secondary N) is 1. The Balaban J connectivity index is 2.35. The maximum absolute atomic E-state index is 13.6. The number of benzene rings is 1. The number of carbonyl (C=O) groups is 1. The summed E-state index contributed by atoms with van der Waals surface area (Å²) in [7, 11) is 0. The van der Waals surface area contributed by atoms with E-state index in [2.05, 4.69) is 12.2 Å². The van der Waals surface area contributed by atoms with Gasteiger partial charge in [0, 0.05) is 13.2 Å². The van der Waals surface area contributed by atoms with Crippen LogP contribution in [0.15, 0.2) is 18.2 Å². The van der Waals surface area contributed by atoms with Crippen LogP contribution in [0.2, 0.25) is 0 Å². The van der Waals surface area contributed by atoms with Crippen molar-refractivity contribution < 1.29 is 13.9 Å². The second kappa shape index (κ2) is 7.82. The Hall–Kier alpha value is -1.42. The highest BCUT2D eigenvalue weighted by Gasteiger charge is 2.12. The molecule has 1 aromatic rings. The Morgan fingerprint density at radius 1 is 1.39 bits per heavy atom. The van der Waals surface area contributed by atoms with Crippen LogP contribution in [-0.2, 0) is 4.74 Å². The summed E-state index contributed by atoms with van der Waals surface area (Å²) >= 11 is 0. The van der Waals surface area contributed by atoms with Gasteiger partial charge in [0.2, 0.25) is 0 Å². The quantitative estimate of drug-likeness (QED) is 0.759. The van der Waals surface area contributed by atoms with Gasteiger partial charge in [-0.2, -0.15) is 0 Å². The molecule has 1 N–H and O–H groups in total. The zero-order valence-electron chi connectivity index (χ0n) is 11.0. The lowest BCUT2D eigenvalue weighted by atomic mass is 10.1. The lowest BCUT2D eigenvalue weighted by Crippen LogP contribution is -2.28. The van der Waals surface area contributed by atoms with E-state index in [0.717, 1.165) is 12.8 Å². The van der Waals surface area contributed by atoms with Crippen LogP contribution in [0.5, 0.6) is 0 Å². The second-order valence-corrected chi connectivity index (χ2v) is 4.16. The van der Waals surface area contributed by atoms with Gasteiger partial charge in [0.1, 0.15) is 5.82 Å². The molecule has 0 saturated carbocycles. The van der Waals surface area contributed by atoms with Crippen molar-refractivity contribution in [2.75, 3.05) is 19.8 Å². The van der Waals surface area contributed by atoms with Crippen molar-refractivity contribution in [2.45, 2.75) is 26.7 Å². The van der Waals surface area contributed by atoms with Crippen molar-refractivity contribution in [3.8, 4) is 0 Å². The maximum Gasteiger partial charge on any atom is 0.254 e. The summed E-state index contributed by atoms with van der Waals surface area (Å²) in [5.41, 5.74) is 0.561. The first kappa shape index (κ1) is 14.6. The lowest BCUT2D eigenvalue weighted by molar-refractivity contribution is 0.0909. The molecule has 0 aliphatic carbocycles. The Labute approximate surface area is 107 Å². The van der Waals surface area contributed by atoms with Crippen molar-refractivity contribution in [1.82, 2.24) is 5.32 Å². The van der Waals surface area contributed by atoms with Gasteiger partial charge in [-0.1, -0.05) is 25.5 Å². The molecule has 0 saturated heterocycles. The fourth-order valence-electron chi connectivity index (χ4n) is 1.50. The third-order valence-corrected chi connectivity index (χ3v) is 2.61. The monoisotopic (exact) mass is 253 g/mol. The number of aryl methyl sites for hydroxylation is 1. The standard InChI is InChI=1S/C14H20FNO2/c1-3-4-9-18-10-8-16-14(17)12-7-5-6-11(2)13(12)15/h5-7H,3-4,8-10H2,1-2H3,(H,16,17). The van der Waals surface area contributed by atoms with Crippen molar-refractivity contribution in [3.05, 3.63) is 35.1 Å². The zero-order chi connectivity index (χ0) is 13.4. The van der Waals surface area contributed by atoms with Crippen molar-refractivity contribution in [2.24, 2.45) is 0 Å². The summed E-state index contributed by atoms with van der Waals surface area (Å²) in [5, 5.41) is 2.64. The Morgan fingerprint density at radius 3 is 2.89 bits per heavy atom. The SMILES string of the molecule is CCCCOCCNC(=O)c1cccc(C)c1F. The topological polar surface area (TPSA) is 38.3 Å². The normalized spacial score (nSPS) is 10.4. The van der Waals surface area contributed by atoms with E-state index >= 15 is 0 Å². The highest BCUT2D eigenvalue weighted by molar-refractivity contribution is 5.94. The highest BCUT2D eigenvalue weighted by atomic mass is 19.1. The van der Waals surface area contributed by atoms with Gasteiger partial charge in [0.05, 0.1) is 12.2 Å². The first-order valence-electron chi connectivity index (χ1n) is 6.28. The van der Waals surface area contributed by atoms with Gasteiger partial charge in [-0.3, -0.25) is 4.79 Å². The molecule has 1 rings (SSSR count). The van der Waals surface area contributed by atoms with Gasteiger partial charge in [0.25, 0.3) is 5.91 Å². The average molecular weight is 253 g/mol. The number of carbonyl (C=O) groups excluding carboxylic acids is 1. The van der Waals surface area contributed by atoms with Gasteiger partial charge in [-0.25, -0.2) is 4.39 Å². The van der Waals surface area contributed by atoms with Crippen LogP contribution in [0.1, 0.15) is 35.7 Å². The van der Waals surface area contributed by atoms with Crippen LogP contribution in [0.3, 0.4) is 0 Å². The van der Waals surface area contributed by atoms with Crippen LogP contribution in [-0.4, -0.2) is 25.7 Å². The molecule has 0 aliphatic rings. The van der Waals surface area contributed by atoms with Gasteiger partial charge >= 0.3 is 0 Å². The summed E-state index contributed by atoms with van der Waals surface area (Å²) in [6.45, 7) is 5.28. The molecule has 0 unspecified atom stereocenters. The Bertz CT molecular complexity index is 393. The molecule has 0 fully saturated rings. The van der Waals surface area contributed by atoms with Crippen molar-refractivity contribution in [1.29, 1.82) is 0 Å². The number of hydrogen-bond acceptors (Lipinski definition) is 2. The molecule has 0 bridgehead atoms. The van der Waals surface area contributed by atoms with E-state index < -0.39 is 11.7 Å². The van der Waals surface area contributed by atoms with E-state index in [4.69, 9.17) is 4.74 Å². The van der Waals surface area contributed by atoms with E-state index in [-0.39, 0.29) is 5.56 Å². The molecule has 18 heavy (non-hydrogen) atoms. The number of rotatable bonds is 7. The summed E-state index contributed by atoms with van der Waals surface area (Å²) < 4.78 is 18.9. The van der Waals surface area contributed by atoms with Crippen molar-refractivity contribution in [3.63, 3.8) is 0 Å². The summed E-state index contributed by atoms with van der Waals surface area (Å²) in [6, 6.07) is 4.79. The third-order valence-electron chi connectivity index (χ3n) is 2.61. The van der Waals surface area contributed by atoms with E-state index in [1.165, 1.54) is 6.07 Å². The predicted molar refractivity (Wildman–Crippen MR) is 69.2 cm³/mol. The number of ether oxygens (including phenoxy) is 1. The summed E-state index contributed by atoms with van der Waals surface area (Å²) in [5.74, 6) is -0.850. The molecule has 100 valence electrons. The fraction of sp³-hybridized carbons (Fsp3) is 0.500. The molecular formula is C14H20FNO2. The molecule has 4 heteroatoms. The van der Waals surface area contributed by atoms with Crippen LogP contribution in [0, 0.1) is 12.7 Å². The van der Waals surface area contributed by atoms with Crippen LogP contribution >= 0.6 is 0 Å². The van der Waals surface area contributed by atoms with Gasteiger partial charge in [0.15, 0.2) is 0 Å². The van der Waals surface area contributed by atoms with Gasteiger partial charge in [-0.05, 0) is 25.0 Å². The molecule has 0 spiro atoms. The van der Waals surface area contributed by atoms with E-state index in [0.29, 0.717) is 25.3 Å².